The van der Waals surface area contributed by atoms with Crippen LogP contribution < -0.4 is 15.5 Å². The molecular formula is C19H23N3O4. The summed E-state index contributed by atoms with van der Waals surface area (Å²) in [6.45, 7) is 1.77. The second-order valence-corrected chi connectivity index (χ2v) is 6.06. The molecule has 7 nitrogen and oxygen atoms in total. The summed E-state index contributed by atoms with van der Waals surface area (Å²) in [5.41, 5.74) is 2.40. The molecule has 1 aromatic heterocycles. The average molecular weight is 357 g/mol. The lowest BCUT2D eigenvalue weighted by atomic mass is 10.1. The van der Waals surface area contributed by atoms with Gasteiger partial charge < -0.3 is 24.7 Å². The third-order valence-corrected chi connectivity index (χ3v) is 4.42. The topological polar surface area (TPSA) is 83.8 Å². The van der Waals surface area contributed by atoms with Crippen molar-refractivity contribution in [1.29, 1.82) is 0 Å². The highest BCUT2D eigenvalue weighted by atomic mass is 16.5. The fourth-order valence-corrected chi connectivity index (χ4v) is 3.15. The number of rotatable bonds is 7. The Morgan fingerprint density at radius 1 is 1.19 bits per heavy atom. The van der Waals surface area contributed by atoms with Crippen LogP contribution in [-0.2, 0) is 20.7 Å². The quantitative estimate of drug-likeness (QED) is 0.576. The van der Waals surface area contributed by atoms with E-state index in [1.807, 2.05) is 24.3 Å². The number of nitrogens with zero attached hydrogens (tertiary/aromatic N) is 1. The highest BCUT2D eigenvalue weighted by Gasteiger charge is 2.29. The number of nitrogens with one attached hydrogen (secondary N) is 2. The number of anilines is 1. The Balaban J connectivity index is 1.67. The molecule has 1 aliphatic heterocycles. The fourth-order valence-electron chi connectivity index (χ4n) is 3.15. The van der Waals surface area contributed by atoms with Crippen LogP contribution in [0.1, 0.15) is 17.4 Å². The summed E-state index contributed by atoms with van der Waals surface area (Å²) in [4.78, 5) is 26.1. The molecule has 0 unspecified atom stereocenters. The summed E-state index contributed by atoms with van der Waals surface area (Å²) in [5.74, 6) is -0.575. The third-order valence-electron chi connectivity index (χ3n) is 4.42. The maximum Gasteiger partial charge on any atom is 0.309 e. The summed E-state index contributed by atoms with van der Waals surface area (Å²) >= 11 is 0. The molecule has 1 atom stereocenters. The molecule has 1 aliphatic rings. The largest absolute Gasteiger partial charge is 0.467 e. The fraction of sp³-hybridized carbons (Fsp3) is 0.368. The number of fused-ring (bicyclic) bond motifs is 1. The summed E-state index contributed by atoms with van der Waals surface area (Å²) < 4.78 is 10.4. The van der Waals surface area contributed by atoms with Crippen LogP contribution >= 0.6 is 0 Å². The van der Waals surface area contributed by atoms with Gasteiger partial charge in [0.25, 0.3) is 0 Å². The lowest BCUT2D eigenvalue weighted by Gasteiger charge is -2.29. The Bertz CT molecular complexity index is 745. The molecule has 2 amide bonds. The Morgan fingerprint density at radius 3 is 2.77 bits per heavy atom. The third kappa shape index (κ3) is 4.05. The second kappa shape index (κ2) is 8.53. The maximum atomic E-state index is 12.1. The molecule has 0 fully saturated rings. The van der Waals surface area contributed by atoms with Gasteiger partial charge in [-0.05, 0) is 30.2 Å². The number of para-hydroxylation sites is 1. The van der Waals surface area contributed by atoms with Crippen LogP contribution in [0.3, 0.4) is 0 Å². The molecular weight excluding hydrogens is 334 g/mol. The minimum absolute atomic E-state index is 0.177. The number of hydrogen-bond acceptors (Lipinski definition) is 5. The first-order valence-corrected chi connectivity index (χ1v) is 8.63. The van der Waals surface area contributed by atoms with Crippen molar-refractivity contribution >= 4 is 17.5 Å². The van der Waals surface area contributed by atoms with E-state index in [-0.39, 0.29) is 12.6 Å². The van der Waals surface area contributed by atoms with E-state index in [4.69, 9.17) is 9.15 Å². The zero-order valence-electron chi connectivity index (χ0n) is 14.7. The first-order valence-electron chi connectivity index (χ1n) is 8.63. The normalized spacial score (nSPS) is 14.0. The van der Waals surface area contributed by atoms with E-state index in [1.54, 1.807) is 6.26 Å². The highest BCUT2D eigenvalue weighted by molar-refractivity contribution is 6.35. The zero-order chi connectivity index (χ0) is 18.4. The molecule has 2 N–H and O–H groups in total. The predicted octanol–water partition coefficient (Wildman–Crippen LogP) is 1.26. The van der Waals surface area contributed by atoms with Crippen LogP contribution in [0.15, 0.2) is 47.1 Å². The van der Waals surface area contributed by atoms with Gasteiger partial charge >= 0.3 is 11.8 Å². The van der Waals surface area contributed by atoms with Gasteiger partial charge in [0.05, 0.1) is 12.9 Å². The minimum Gasteiger partial charge on any atom is -0.467 e. The van der Waals surface area contributed by atoms with Crippen LogP contribution in [0.25, 0.3) is 0 Å². The summed E-state index contributed by atoms with van der Waals surface area (Å²) in [6, 6.07) is 11.7. The first kappa shape index (κ1) is 18.0. The van der Waals surface area contributed by atoms with Gasteiger partial charge in [-0.25, -0.2) is 0 Å². The van der Waals surface area contributed by atoms with Crippen molar-refractivity contribution in [2.75, 3.05) is 38.3 Å². The standard InChI is InChI=1S/C19H23N3O4/c1-25-12-9-20-18(23)19(24)21-13-16(17-7-4-11-26-17)22-10-8-14-5-2-3-6-15(14)22/h2-7,11,16H,8-10,12-13H2,1H3,(H,20,23)(H,21,24)/t16-/m1/s1. The van der Waals surface area contributed by atoms with E-state index in [0.29, 0.717) is 13.2 Å². The summed E-state index contributed by atoms with van der Waals surface area (Å²) in [6.07, 6.45) is 2.56. The predicted molar refractivity (Wildman–Crippen MR) is 96.8 cm³/mol. The van der Waals surface area contributed by atoms with E-state index in [1.165, 1.54) is 12.7 Å². The Labute approximate surface area is 152 Å². The molecule has 0 saturated heterocycles. The van der Waals surface area contributed by atoms with E-state index in [9.17, 15) is 9.59 Å². The Hall–Kier alpha value is -2.80. The molecule has 26 heavy (non-hydrogen) atoms. The lowest BCUT2D eigenvalue weighted by molar-refractivity contribution is -0.139. The van der Waals surface area contributed by atoms with Crippen molar-refractivity contribution in [2.45, 2.75) is 12.5 Å². The monoisotopic (exact) mass is 357 g/mol. The van der Waals surface area contributed by atoms with Crippen LogP contribution in [0.4, 0.5) is 5.69 Å². The number of furan rings is 1. The van der Waals surface area contributed by atoms with Gasteiger partial charge in [-0.3, -0.25) is 9.59 Å². The average Bonchev–Trinajstić information content (AvgIpc) is 3.32. The Morgan fingerprint density at radius 2 is 2.00 bits per heavy atom. The van der Waals surface area contributed by atoms with Crippen molar-refractivity contribution in [2.24, 2.45) is 0 Å². The number of carbonyl (C=O) groups is 2. The molecule has 3 rings (SSSR count). The van der Waals surface area contributed by atoms with Gasteiger partial charge in [0.15, 0.2) is 0 Å². The number of methoxy groups -OCH3 is 1. The highest BCUT2D eigenvalue weighted by Crippen LogP contribution is 2.34. The van der Waals surface area contributed by atoms with Crippen molar-refractivity contribution < 1.29 is 18.7 Å². The van der Waals surface area contributed by atoms with Crippen LogP contribution in [-0.4, -0.2) is 45.2 Å². The van der Waals surface area contributed by atoms with Crippen LogP contribution in [0.5, 0.6) is 0 Å². The molecule has 0 spiro atoms. The maximum absolute atomic E-state index is 12.1. The molecule has 0 bridgehead atoms. The minimum atomic E-state index is -0.665. The summed E-state index contributed by atoms with van der Waals surface area (Å²) in [5, 5.41) is 5.23. The smallest absolute Gasteiger partial charge is 0.309 e. The second-order valence-electron chi connectivity index (χ2n) is 6.06. The Kier molecular flexibility index (Phi) is 5.91. The molecule has 0 aliphatic carbocycles. The van der Waals surface area contributed by atoms with Gasteiger partial charge in [0.2, 0.25) is 0 Å². The van der Waals surface area contributed by atoms with E-state index in [2.05, 4.69) is 27.7 Å². The molecule has 1 aromatic carbocycles. The SMILES string of the molecule is COCCNC(=O)C(=O)NC[C@H](c1ccco1)N1CCc2ccccc21. The van der Waals surface area contributed by atoms with Crippen LogP contribution in [0, 0.1) is 0 Å². The van der Waals surface area contributed by atoms with E-state index < -0.39 is 11.8 Å². The number of amides is 2. The van der Waals surface area contributed by atoms with Crippen molar-refractivity contribution in [1.82, 2.24) is 10.6 Å². The van der Waals surface area contributed by atoms with Crippen molar-refractivity contribution in [3.8, 4) is 0 Å². The molecule has 0 saturated carbocycles. The molecule has 2 aromatic rings. The van der Waals surface area contributed by atoms with Crippen LogP contribution in [0.2, 0.25) is 0 Å². The number of ether oxygens (including phenoxy) is 1. The zero-order valence-corrected chi connectivity index (χ0v) is 14.7. The van der Waals surface area contributed by atoms with Gasteiger partial charge in [0, 0.05) is 32.4 Å². The van der Waals surface area contributed by atoms with E-state index >= 15 is 0 Å². The molecule has 138 valence electrons. The van der Waals surface area contributed by atoms with Crippen molar-refractivity contribution in [3.63, 3.8) is 0 Å². The van der Waals surface area contributed by atoms with Gasteiger partial charge in [-0.1, -0.05) is 18.2 Å². The molecule has 0 radical (unpaired) electrons. The van der Waals surface area contributed by atoms with Gasteiger partial charge in [-0.2, -0.15) is 0 Å². The first-order chi connectivity index (χ1) is 12.7. The van der Waals surface area contributed by atoms with E-state index in [0.717, 1.165) is 24.4 Å². The lowest BCUT2D eigenvalue weighted by Crippen LogP contribution is -2.44. The number of hydrogen-bond donors (Lipinski definition) is 2. The summed E-state index contributed by atoms with van der Waals surface area (Å²) in [7, 11) is 1.54. The molecule has 7 heteroatoms. The number of benzene rings is 1. The van der Waals surface area contributed by atoms with Gasteiger partial charge in [0.1, 0.15) is 11.8 Å². The number of carbonyl (C=O) groups excluding carboxylic acids is 2. The molecule has 2 heterocycles. The van der Waals surface area contributed by atoms with Crippen molar-refractivity contribution in [3.05, 3.63) is 54.0 Å². The van der Waals surface area contributed by atoms with Gasteiger partial charge in [-0.15, -0.1) is 0 Å².